The van der Waals surface area contributed by atoms with Crippen LogP contribution in [0.1, 0.15) is 41.4 Å². The smallest absolute Gasteiger partial charge is 0.276 e. The lowest BCUT2D eigenvalue weighted by atomic mass is 9.98. The van der Waals surface area contributed by atoms with E-state index in [0.717, 1.165) is 31.5 Å². The van der Waals surface area contributed by atoms with E-state index in [9.17, 15) is 14.4 Å². The Bertz CT molecular complexity index is 884. The van der Waals surface area contributed by atoms with Crippen molar-refractivity contribution in [3.8, 4) is 0 Å². The number of rotatable bonds is 5. The van der Waals surface area contributed by atoms with Crippen LogP contribution in [0.4, 0.5) is 5.69 Å². The van der Waals surface area contributed by atoms with Gasteiger partial charge in [0.25, 0.3) is 5.91 Å². The molecule has 4 rings (SSSR count). The van der Waals surface area contributed by atoms with Gasteiger partial charge in [-0.15, -0.1) is 0 Å². The molecule has 0 spiro atoms. The molecule has 2 atom stereocenters. The molecule has 0 bridgehead atoms. The number of hydrogen-bond acceptors (Lipinski definition) is 5. The van der Waals surface area contributed by atoms with Crippen LogP contribution < -0.4 is 16.0 Å². The highest BCUT2D eigenvalue weighted by Gasteiger charge is 2.30. The zero-order valence-electron chi connectivity index (χ0n) is 15.5. The molecular weight excluding hydrogens is 358 g/mol. The average Bonchev–Trinajstić information content (AvgIpc) is 3.31. The van der Waals surface area contributed by atoms with Gasteiger partial charge in [0.1, 0.15) is 0 Å². The molecule has 2 aliphatic rings. The largest absolute Gasteiger partial charge is 0.321 e. The molecule has 2 aliphatic heterocycles. The fraction of sp³-hybridized carbons (Fsp3) is 0.400. The predicted molar refractivity (Wildman–Crippen MR) is 103 cm³/mol. The molecule has 3 N–H and O–H groups in total. The second-order valence-corrected chi connectivity index (χ2v) is 7.35. The first-order valence-corrected chi connectivity index (χ1v) is 9.58. The monoisotopic (exact) mass is 381 g/mol. The molecule has 2 fully saturated rings. The predicted octanol–water partition coefficient (Wildman–Crippen LogP) is 1.27. The van der Waals surface area contributed by atoms with E-state index in [1.54, 1.807) is 18.2 Å². The Balaban J connectivity index is 1.35. The number of nitrogens with one attached hydrogen (secondary N) is 3. The van der Waals surface area contributed by atoms with E-state index in [2.05, 4.69) is 21.0 Å². The zero-order chi connectivity index (χ0) is 19.5. The number of carbonyl (C=O) groups excluding carboxylic acids is 3. The van der Waals surface area contributed by atoms with Crippen molar-refractivity contribution in [1.29, 1.82) is 0 Å². The molecule has 1 aromatic heterocycles. The first-order chi connectivity index (χ1) is 13.6. The molecule has 2 saturated heterocycles. The summed E-state index contributed by atoms with van der Waals surface area (Å²) in [6.45, 7) is 1.90. The third kappa shape index (κ3) is 4.12. The third-order valence-electron chi connectivity index (χ3n) is 5.25. The summed E-state index contributed by atoms with van der Waals surface area (Å²) in [5, 5.41) is 12.9. The lowest BCUT2D eigenvalue weighted by Gasteiger charge is -2.22. The van der Waals surface area contributed by atoms with Gasteiger partial charge in [-0.1, -0.05) is 12.1 Å². The Morgan fingerprint density at radius 2 is 2.04 bits per heavy atom. The van der Waals surface area contributed by atoms with Crippen LogP contribution in [-0.2, 0) is 16.0 Å². The van der Waals surface area contributed by atoms with Gasteiger partial charge in [0.15, 0.2) is 5.69 Å². The van der Waals surface area contributed by atoms with Gasteiger partial charge in [0.05, 0.1) is 12.0 Å². The number of aromatic nitrogens is 2. The number of imide groups is 1. The summed E-state index contributed by atoms with van der Waals surface area (Å²) >= 11 is 0. The minimum Gasteiger partial charge on any atom is -0.321 e. The molecule has 3 heterocycles. The Morgan fingerprint density at radius 3 is 2.71 bits per heavy atom. The van der Waals surface area contributed by atoms with Gasteiger partial charge in [-0.25, -0.2) is 0 Å². The fourth-order valence-corrected chi connectivity index (χ4v) is 3.70. The van der Waals surface area contributed by atoms with Crippen LogP contribution in [0.5, 0.6) is 0 Å². The summed E-state index contributed by atoms with van der Waals surface area (Å²) in [5.41, 5.74) is 1.99. The van der Waals surface area contributed by atoms with Crippen molar-refractivity contribution < 1.29 is 14.4 Å². The van der Waals surface area contributed by atoms with Crippen molar-refractivity contribution in [2.45, 2.75) is 31.7 Å². The van der Waals surface area contributed by atoms with Crippen LogP contribution in [0.15, 0.2) is 36.5 Å². The third-order valence-corrected chi connectivity index (χ3v) is 5.25. The van der Waals surface area contributed by atoms with E-state index in [4.69, 9.17) is 0 Å². The highest BCUT2D eigenvalue weighted by Crippen LogP contribution is 2.20. The molecule has 0 aliphatic carbocycles. The van der Waals surface area contributed by atoms with Crippen molar-refractivity contribution in [2.75, 3.05) is 18.4 Å². The van der Waals surface area contributed by atoms with Crippen molar-refractivity contribution in [2.24, 2.45) is 5.92 Å². The first-order valence-electron chi connectivity index (χ1n) is 9.58. The van der Waals surface area contributed by atoms with Crippen LogP contribution in [0.3, 0.4) is 0 Å². The minimum atomic E-state index is -0.314. The molecule has 0 radical (unpaired) electrons. The topological polar surface area (TPSA) is 105 Å². The van der Waals surface area contributed by atoms with E-state index in [-0.39, 0.29) is 36.1 Å². The maximum absolute atomic E-state index is 12.5. The van der Waals surface area contributed by atoms with Crippen LogP contribution in [0.2, 0.25) is 0 Å². The standard InChI is InChI=1S/C20H23N5O3/c26-18-11-14(19(27)23-18)10-13-3-5-15(6-4-13)22-20(28)17-7-9-25(24-17)16-2-1-8-21-12-16/h3-7,9,14,16,21H,1-2,8,10-12H2,(H,22,28)(H,23,26,27). The van der Waals surface area contributed by atoms with E-state index in [1.807, 2.05) is 23.0 Å². The van der Waals surface area contributed by atoms with E-state index < -0.39 is 0 Å². The minimum absolute atomic E-state index is 0.217. The summed E-state index contributed by atoms with van der Waals surface area (Å²) in [6.07, 6.45) is 4.75. The van der Waals surface area contributed by atoms with E-state index in [0.29, 0.717) is 17.8 Å². The average molecular weight is 381 g/mol. The molecule has 0 saturated carbocycles. The molecule has 2 unspecified atom stereocenters. The zero-order valence-corrected chi connectivity index (χ0v) is 15.5. The lowest BCUT2D eigenvalue weighted by molar-refractivity contribution is -0.125. The van der Waals surface area contributed by atoms with Crippen molar-refractivity contribution >= 4 is 23.4 Å². The summed E-state index contributed by atoms with van der Waals surface area (Å²) < 4.78 is 1.86. The van der Waals surface area contributed by atoms with Crippen molar-refractivity contribution in [3.63, 3.8) is 0 Å². The van der Waals surface area contributed by atoms with Crippen LogP contribution in [-0.4, -0.2) is 40.6 Å². The van der Waals surface area contributed by atoms with E-state index >= 15 is 0 Å². The molecule has 8 heteroatoms. The maximum atomic E-state index is 12.5. The van der Waals surface area contributed by atoms with Gasteiger partial charge in [-0.3, -0.25) is 24.4 Å². The quantitative estimate of drug-likeness (QED) is 0.677. The molecule has 3 amide bonds. The number of benzene rings is 1. The summed E-state index contributed by atoms with van der Waals surface area (Å²) in [6, 6.07) is 9.33. The number of hydrogen-bond donors (Lipinski definition) is 3. The molecule has 8 nitrogen and oxygen atoms in total. The number of nitrogens with zero attached hydrogens (tertiary/aromatic N) is 2. The second kappa shape index (κ2) is 7.93. The first kappa shape index (κ1) is 18.4. The Kier molecular flexibility index (Phi) is 5.21. The number of carbonyl (C=O) groups is 3. The molecule has 2 aromatic rings. The number of anilines is 1. The Hall–Kier alpha value is -3.00. The highest BCUT2D eigenvalue weighted by atomic mass is 16.2. The summed E-state index contributed by atoms with van der Waals surface area (Å²) in [5.74, 6) is -1.00. The second-order valence-electron chi connectivity index (χ2n) is 7.35. The molecule has 28 heavy (non-hydrogen) atoms. The van der Waals surface area contributed by atoms with Crippen LogP contribution in [0.25, 0.3) is 0 Å². The van der Waals surface area contributed by atoms with Gasteiger partial charge in [-0.2, -0.15) is 5.10 Å². The van der Waals surface area contributed by atoms with Crippen LogP contribution in [0, 0.1) is 5.92 Å². The van der Waals surface area contributed by atoms with Crippen molar-refractivity contribution in [3.05, 3.63) is 47.8 Å². The normalized spacial score (nSPS) is 22.1. The fourth-order valence-electron chi connectivity index (χ4n) is 3.70. The van der Waals surface area contributed by atoms with Gasteiger partial charge in [-0.05, 0) is 49.6 Å². The van der Waals surface area contributed by atoms with Gasteiger partial charge < -0.3 is 10.6 Å². The number of amides is 3. The van der Waals surface area contributed by atoms with Gasteiger partial charge in [0.2, 0.25) is 11.8 Å². The van der Waals surface area contributed by atoms with E-state index in [1.165, 1.54) is 0 Å². The number of piperidine rings is 1. The van der Waals surface area contributed by atoms with Gasteiger partial charge >= 0.3 is 0 Å². The Labute approximate surface area is 162 Å². The molecule has 146 valence electrons. The van der Waals surface area contributed by atoms with Gasteiger partial charge in [0, 0.05) is 24.8 Å². The molecule has 1 aromatic carbocycles. The Morgan fingerprint density at radius 1 is 1.21 bits per heavy atom. The van der Waals surface area contributed by atoms with Crippen LogP contribution >= 0.6 is 0 Å². The maximum Gasteiger partial charge on any atom is 0.276 e. The summed E-state index contributed by atoms with van der Waals surface area (Å²) in [7, 11) is 0. The summed E-state index contributed by atoms with van der Waals surface area (Å²) in [4.78, 5) is 35.4. The lowest BCUT2D eigenvalue weighted by Crippen LogP contribution is -2.32. The van der Waals surface area contributed by atoms with Crippen molar-refractivity contribution in [1.82, 2.24) is 20.4 Å². The molecular formula is C20H23N5O3. The SMILES string of the molecule is O=C1CC(Cc2ccc(NC(=O)c3ccn(C4CCCNC4)n3)cc2)C(=O)N1. The highest BCUT2D eigenvalue weighted by molar-refractivity contribution is 6.04.